The molecule has 4 heteroatoms. The van der Waals surface area contributed by atoms with Gasteiger partial charge >= 0.3 is 6.03 Å². The van der Waals surface area contributed by atoms with Crippen LogP contribution in [-0.4, -0.2) is 42.6 Å². The molecule has 1 N–H and O–H groups in total. The predicted molar refractivity (Wildman–Crippen MR) is 105 cm³/mol. The fraction of sp³-hybridized carbons (Fsp3) is 0.682. The molecule has 3 fully saturated rings. The second-order valence-electron chi connectivity index (χ2n) is 9.11. The minimum Gasteiger partial charge on any atom is -0.335 e. The Bertz CT molecular complexity index is 682. The van der Waals surface area contributed by atoms with Crippen LogP contribution in [0.2, 0.25) is 0 Å². The lowest BCUT2D eigenvalue weighted by Gasteiger charge is -2.37. The molecule has 1 aliphatic carbocycles. The lowest BCUT2D eigenvalue weighted by atomic mass is 9.71. The number of carbonyl (C=O) groups is 1. The van der Waals surface area contributed by atoms with E-state index in [1.54, 1.807) is 0 Å². The Kier molecular flexibility index (Phi) is 4.00. The lowest BCUT2D eigenvalue weighted by molar-refractivity contribution is 0.150. The van der Waals surface area contributed by atoms with Gasteiger partial charge in [-0.2, -0.15) is 0 Å². The summed E-state index contributed by atoms with van der Waals surface area (Å²) in [5, 5.41) is 3.41. The third-order valence-electron chi connectivity index (χ3n) is 7.71. The Balaban J connectivity index is 1.34. The van der Waals surface area contributed by atoms with Crippen molar-refractivity contribution in [3.8, 4) is 0 Å². The number of urea groups is 1. The Morgan fingerprint density at radius 3 is 2.50 bits per heavy atom. The van der Waals surface area contributed by atoms with Crippen molar-refractivity contribution in [2.75, 3.05) is 18.5 Å². The number of rotatable bonds is 1. The van der Waals surface area contributed by atoms with Crippen molar-refractivity contribution >= 4 is 11.7 Å². The molecule has 2 bridgehead atoms. The standard InChI is InChI=1S/C22H31N3O/c1-24-17-9-10-18(24)14-16(13-17)23-21(26)25-15-22(11-5-2-6-12-22)19-7-3-4-8-20(19)25/h3-4,7-8,16-18H,2,5-6,9-15H2,1H3,(H,23,26). The van der Waals surface area contributed by atoms with Gasteiger partial charge in [0.25, 0.3) is 0 Å². The molecule has 26 heavy (non-hydrogen) atoms. The normalized spacial score (nSPS) is 32.7. The van der Waals surface area contributed by atoms with E-state index in [0.717, 1.165) is 25.1 Å². The van der Waals surface area contributed by atoms with Crippen LogP contribution >= 0.6 is 0 Å². The van der Waals surface area contributed by atoms with E-state index in [2.05, 4.69) is 46.4 Å². The first kappa shape index (κ1) is 16.6. The van der Waals surface area contributed by atoms with E-state index in [1.165, 1.54) is 50.5 Å². The molecule has 1 spiro atoms. The second-order valence-corrected chi connectivity index (χ2v) is 9.11. The third kappa shape index (κ3) is 2.57. The topological polar surface area (TPSA) is 35.6 Å². The lowest BCUT2D eigenvalue weighted by Crippen LogP contribution is -2.52. The quantitative estimate of drug-likeness (QED) is 0.827. The van der Waals surface area contributed by atoms with Crippen LogP contribution in [-0.2, 0) is 5.41 Å². The SMILES string of the molecule is CN1C2CCC1CC(NC(=O)N1CC3(CCCCC3)c3ccccc31)C2. The van der Waals surface area contributed by atoms with E-state index in [4.69, 9.17) is 0 Å². The van der Waals surface area contributed by atoms with Crippen LogP contribution in [0.4, 0.5) is 10.5 Å². The summed E-state index contributed by atoms with van der Waals surface area (Å²) in [4.78, 5) is 17.8. The number of amides is 2. The Morgan fingerprint density at radius 2 is 1.77 bits per heavy atom. The van der Waals surface area contributed by atoms with Gasteiger partial charge in [0, 0.05) is 35.8 Å². The number of para-hydroxylation sites is 1. The Hall–Kier alpha value is -1.55. The molecule has 0 radical (unpaired) electrons. The molecule has 1 saturated carbocycles. The van der Waals surface area contributed by atoms with Gasteiger partial charge in [-0.15, -0.1) is 0 Å². The first-order valence-corrected chi connectivity index (χ1v) is 10.6. The average molecular weight is 354 g/mol. The van der Waals surface area contributed by atoms with Crippen molar-refractivity contribution in [1.82, 2.24) is 10.2 Å². The van der Waals surface area contributed by atoms with Crippen molar-refractivity contribution in [2.45, 2.75) is 81.3 Å². The maximum absolute atomic E-state index is 13.2. The molecular weight excluding hydrogens is 322 g/mol. The first-order valence-electron chi connectivity index (χ1n) is 10.6. The summed E-state index contributed by atoms with van der Waals surface area (Å²) in [5.74, 6) is 0. The van der Waals surface area contributed by atoms with Gasteiger partial charge in [-0.05, 0) is 57.2 Å². The molecule has 2 amide bonds. The average Bonchev–Trinajstić information content (AvgIpc) is 3.06. The van der Waals surface area contributed by atoms with E-state index in [1.807, 2.05) is 0 Å². The van der Waals surface area contributed by atoms with Crippen molar-refractivity contribution in [1.29, 1.82) is 0 Å². The van der Waals surface area contributed by atoms with E-state index in [-0.39, 0.29) is 11.4 Å². The molecule has 0 aromatic heterocycles. The molecule has 3 heterocycles. The fourth-order valence-corrected chi connectivity index (χ4v) is 6.25. The van der Waals surface area contributed by atoms with Crippen LogP contribution in [0.5, 0.6) is 0 Å². The zero-order valence-electron chi connectivity index (χ0n) is 15.9. The number of carbonyl (C=O) groups excluding carboxylic acids is 1. The number of benzene rings is 1. The minimum atomic E-state index is 0.133. The van der Waals surface area contributed by atoms with E-state index >= 15 is 0 Å². The minimum absolute atomic E-state index is 0.133. The van der Waals surface area contributed by atoms with Crippen LogP contribution in [0.1, 0.15) is 63.4 Å². The summed E-state index contributed by atoms with van der Waals surface area (Å²) in [6.07, 6.45) is 11.2. The van der Waals surface area contributed by atoms with Gasteiger partial charge < -0.3 is 10.2 Å². The maximum atomic E-state index is 13.2. The fourth-order valence-electron chi connectivity index (χ4n) is 6.25. The molecule has 1 aromatic rings. The molecule has 2 unspecified atom stereocenters. The zero-order chi connectivity index (χ0) is 17.7. The van der Waals surface area contributed by atoms with Crippen LogP contribution in [0.3, 0.4) is 0 Å². The summed E-state index contributed by atoms with van der Waals surface area (Å²) >= 11 is 0. The highest BCUT2D eigenvalue weighted by atomic mass is 16.2. The summed E-state index contributed by atoms with van der Waals surface area (Å²) < 4.78 is 0. The molecule has 2 saturated heterocycles. The van der Waals surface area contributed by atoms with Crippen LogP contribution in [0.25, 0.3) is 0 Å². The van der Waals surface area contributed by atoms with Crippen LogP contribution in [0.15, 0.2) is 24.3 Å². The van der Waals surface area contributed by atoms with Crippen molar-refractivity contribution in [2.24, 2.45) is 0 Å². The smallest absolute Gasteiger partial charge is 0.322 e. The maximum Gasteiger partial charge on any atom is 0.322 e. The van der Waals surface area contributed by atoms with Gasteiger partial charge in [-0.1, -0.05) is 37.5 Å². The van der Waals surface area contributed by atoms with Crippen molar-refractivity contribution < 1.29 is 4.79 Å². The molecule has 4 nitrogen and oxygen atoms in total. The number of fused-ring (bicyclic) bond motifs is 4. The Morgan fingerprint density at radius 1 is 1.08 bits per heavy atom. The van der Waals surface area contributed by atoms with Crippen LogP contribution in [0, 0.1) is 0 Å². The summed E-state index contributed by atoms with van der Waals surface area (Å²) in [6.45, 7) is 0.873. The number of hydrogen-bond donors (Lipinski definition) is 1. The molecule has 140 valence electrons. The van der Waals surface area contributed by atoms with Gasteiger partial charge in [0.2, 0.25) is 0 Å². The first-order chi connectivity index (χ1) is 12.7. The molecule has 2 atom stereocenters. The van der Waals surface area contributed by atoms with Gasteiger partial charge in [0.1, 0.15) is 0 Å². The molecule has 3 aliphatic heterocycles. The highest BCUT2D eigenvalue weighted by Crippen LogP contribution is 2.49. The summed E-state index contributed by atoms with van der Waals surface area (Å²) in [6, 6.07) is 10.4. The molecule has 4 aliphatic rings. The highest BCUT2D eigenvalue weighted by Gasteiger charge is 2.46. The van der Waals surface area contributed by atoms with E-state index < -0.39 is 0 Å². The van der Waals surface area contributed by atoms with Gasteiger partial charge in [0.15, 0.2) is 0 Å². The van der Waals surface area contributed by atoms with Crippen molar-refractivity contribution in [3.05, 3.63) is 29.8 Å². The predicted octanol–water partition coefficient (Wildman–Crippen LogP) is 4.04. The largest absolute Gasteiger partial charge is 0.335 e. The molecular formula is C22H31N3O. The zero-order valence-corrected chi connectivity index (χ0v) is 15.9. The second kappa shape index (κ2) is 6.26. The third-order valence-corrected chi connectivity index (χ3v) is 7.71. The number of nitrogens with zero attached hydrogens (tertiary/aromatic N) is 2. The van der Waals surface area contributed by atoms with Gasteiger partial charge in [0.05, 0.1) is 0 Å². The summed E-state index contributed by atoms with van der Waals surface area (Å²) in [5.41, 5.74) is 2.78. The van der Waals surface area contributed by atoms with Gasteiger partial charge in [-0.25, -0.2) is 4.79 Å². The summed E-state index contributed by atoms with van der Waals surface area (Å²) in [7, 11) is 2.25. The van der Waals surface area contributed by atoms with E-state index in [9.17, 15) is 4.79 Å². The Labute approximate surface area is 156 Å². The molecule has 1 aromatic carbocycles. The number of nitrogens with one attached hydrogen (secondary N) is 1. The van der Waals surface area contributed by atoms with Crippen molar-refractivity contribution in [3.63, 3.8) is 0 Å². The monoisotopic (exact) mass is 353 g/mol. The number of piperidine rings is 1. The van der Waals surface area contributed by atoms with E-state index in [0.29, 0.717) is 18.1 Å². The van der Waals surface area contributed by atoms with Gasteiger partial charge in [-0.3, -0.25) is 4.90 Å². The highest BCUT2D eigenvalue weighted by molar-refractivity contribution is 5.95. The van der Waals surface area contributed by atoms with Crippen LogP contribution < -0.4 is 10.2 Å². The molecule has 5 rings (SSSR count). The number of hydrogen-bond acceptors (Lipinski definition) is 2. The number of anilines is 1.